The van der Waals surface area contributed by atoms with Gasteiger partial charge in [-0.25, -0.2) is 9.78 Å². The van der Waals surface area contributed by atoms with E-state index in [0.717, 1.165) is 44.3 Å². The van der Waals surface area contributed by atoms with Gasteiger partial charge in [0.2, 0.25) is 0 Å². The van der Waals surface area contributed by atoms with Crippen LogP contribution < -0.4 is 0 Å². The second-order valence-electron chi connectivity index (χ2n) is 7.36. The van der Waals surface area contributed by atoms with Crippen molar-refractivity contribution in [2.45, 2.75) is 77.0 Å². The Morgan fingerprint density at radius 2 is 1.76 bits per heavy atom. The van der Waals surface area contributed by atoms with Gasteiger partial charge in [-0.05, 0) is 56.9 Å². The highest BCUT2D eigenvalue weighted by molar-refractivity contribution is 5.21. The summed E-state index contributed by atoms with van der Waals surface area (Å²) in [5, 5.41) is 4.78. The van der Waals surface area contributed by atoms with Gasteiger partial charge in [-0.15, -0.1) is 12.3 Å². The molecule has 4 nitrogen and oxygen atoms in total. The molecule has 4 heteroatoms. The molecule has 0 aliphatic heterocycles. The second-order valence-corrected chi connectivity index (χ2v) is 7.36. The van der Waals surface area contributed by atoms with E-state index in [1.807, 2.05) is 6.08 Å². The molecule has 0 spiro atoms. The van der Waals surface area contributed by atoms with Gasteiger partial charge in [-0.1, -0.05) is 60.8 Å². The van der Waals surface area contributed by atoms with Crippen LogP contribution in [0.2, 0.25) is 0 Å². The Kier molecular flexibility index (Phi) is 17.6. The molecule has 1 aliphatic carbocycles. The third-order valence-corrected chi connectivity index (χ3v) is 4.82. The molecular formula is C25H40O4. The molecule has 0 fully saturated rings. The Morgan fingerprint density at radius 3 is 2.55 bits per heavy atom. The van der Waals surface area contributed by atoms with Gasteiger partial charge in [0, 0.05) is 13.0 Å². The van der Waals surface area contributed by atoms with Gasteiger partial charge in [-0.2, -0.15) is 0 Å². The second kappa shape index (κ2) is 19.9. The zero-order valence-electron chi connectivity index (χ0n) is 18.2. The maximum absolute atomic E-state index is 5.69. The number of unbranched alkanes of at least 4 members (excludes halogenated alkanes) is 6. The summed E-state index contributed by atoms with van der Waals surface area (Å²) in [5.41, 5.74) is 5.35. The van der Waals surface area contributed by atoms with Gasteiger partial charge >= 0.3 is 0 Å². The van der Waals surface area contributed by atoms with Crippen molar-refractivity contribution in [3.63, 3.8) is 0 Å². The molecule has 0 saturated heterocycles. The van der Waals surface area contributed by atoms with E-state index in [2.05, 4.69) is 37.1 Å². The Labute approximate surface area is 177 Å². The van der Waals surface area contributed by atoms with Crippen LogP contribution in [0.5, 0.6) is 0 Å². The van der Waals surface area contributed by atoms with Gasteiger partial charge in [0.05, 0.1) is 19.8 Å². The number of rotatable bonds is 20. The first-order valence-electron chi connectivity index (χ1n) is 11.2. The molecule has 0 aromatic carbocycles. The first kappa shape index (κ1) is 25.6. The minimum Gasteiger partial charge on any atom is -0.376 e. The Balaban J connectivity index is 1.84. The van der Waals surface area contributed by atoms with Crippen molar-refractivity contribution in [1.82, 2.24) is 0 Å². The molecule has 1 aliphatic rings. The predicted molar refractivity (Wildman–Crippen MR) is 119 cm³/mol. The average molecular weight is 405 g/mol. The zero-order chi connectivity index (χ0) is 20.8. The van der Waals surface area contributed by atoms with Gasteiger partial charge < -0.3 is 4.74 Å². The fourth-order valence-corrected chi connectivity index (χ4v) is 3.04. The normalized spacial score (nSPS) is 13.2. The van der Waals surface area contributed by atoms with E-state index in [4.69, 9.17) is 19.6 Å². The van der Waals surface area contributed by atoms with Crippen LogP contribution in [0.4, 0.5) is 0 Å². The van der Waals surface area contributed by atoms with Crippen LogP contribution in [0.3, 0.4) is 0 Å². The molecule has 0 unspecified atom stereocenters. The maximum atomic E-state index is 5.69. The van der Waals surface area contributed by atoms with E-state index in [1.54, 1.807) is 0 Å². The lowest BCUT2D eigenvalue weighted by molar-refractivity contribution is -0.512. The van der Waals surface area contributed by atoms with E-state index in [-0.39, 0.29) is 0 Å². The molecule has 0 amide bonds. The van der Waals surface area contributed by atoms with Crippen molar-refractivity contribution < 1.29 is 19.6 Å². The van der Waals surface area contributed by atoms with E-state index >= 15 is 0 Å². The van der Waals surface area contributed by atoms with Crippen molar-refractivity contribution in [3.8, 4) is 0 Å². The number of hydrogen-bond acceptors (Lipinski definition) is 4. The van der Waals surface area contributed by atoms with Gasteiger partial charge in [0.15, 0.2) is 0 Å². The summed E-state index contributed by atoms with van der Waals surface area (Å²) < 4.78 is 5.69. The van der Waals surface area contributed by atoms with E-state index in [9.17, 15) is 0 Å². The Bertz CT molecular complexity index is 515. The summed E-state index contributed by atoms with van der Waals surface area (Å²) in [5.74, 6) is 0. The van der Waals surface area contributed by atoms with E-state index in [1.165, 1.54) is 44.1 Å². The van der Waals surface area contributed by atoms with Crippen molar-refractivity contribution in [1.29, 1.82) is 0 Å². The maximum Gasteiger partial charge on any atom is 0.0897 e. The SMILES string of the molecule is C=C=C(CCOOOCCCCC1=CCCC=C1)COCCCCCCCC=C. The van der Waals surface area contributed by atoms with Crippen LogP contribution in [-0.4, -0.2) is 26.4 Å². The molecule has 0 N–H and O–H groups in total. The number of allylic oxidation sites excluding steroid dienone is 5. The quantitative estimate of drug-likeness (QED) is 0.0722. The van der Waals surface area contributed by atoms with Crippen LogP contribution in [-0.2, 0) is 19.6 Å². The lowest BCUT2D eigenvalue weighted by atomic mass is 10.0. The molecule has 1 rings (SSSR count). The van der Waals surface area contributed by atoms with Crippen LogP contribution in [0.15, 0.2) is 54.3 Å². The third kappa shape index (κ3) is 16.1. The molecule has 0 aromatic heterocycles. The minimum absolute atomic E-state index is 0.405. The lowest BCUT2D eigenvalue weighted by Crippen LogP contribution is -2.05. The van der Waals surface area contributed by atoms with Crippen LogP contribution in [0, 0.1) is 0 Å². The zero-order valence-corrected chi connectivity index (χ0v) is 18.2. The summed E-state index contributed by atoms with van der Waals surface area (Å²) in [6, 6.07) is 0. The fourth-order valence-electron chi connectivity index (χ4n) is 3.04. The molecule has 29 heavy (non-hydrogen) atoms. The number of ether oxygens (including phenoxy) is 1. The summed E-state index contributed by atoms with van der Waals surface area (Å²) in [6.07, 6.45) is 22.2. The first-order valence-corrected chi connectivity index (χ1v) is 11.2. The molecule has 0 heterocycles. The van der Waals surface area contributed by atoms with Crippen LogP contribution in [0.25, 0.3) is 0 Å². The molecular weight excluding hydrogens is 364 g/mol. The summed E-state index contributed by atoms with van der Waals surface area (Å²) >= 11 is 0. The average Bonchev–Trinajstić information content (AvgIpc) is 2.76. The van der Waals surface area contributed by atoms with E-state index in [0.29, 0.717) is 26.2 Å². The van der Waals surface area contributed by atoms with Crippen molar-refractivity contribution >= 4 is 0 Å². The van der Waals surface area contributed by atoms with Crippen LogP contribution >= 0.6 is 0 Å². The lowest BCUT2D eigenvalue weighted by Gasteiger charge is -2.08. The minimum atomic E-state index is 0.405. The van der Waals surface area contributed by atoms with Crippen molar-refractivity contribution in [2.24, 2.45) is 0 Å². The molecule has 0 radical (unpaired) electrons. The molecule has 0 atom stereocenters. The Hall–Kier alpha value is -1.42. The standard InChI is InChI=1S/C25H40O4/c1-3-5-6-7-8-9-14-20-26-23-24(4-2)19-22-28-29-27-21-15-13-18-25-16-11-10-12-17-25/h3,11,16-17H,1-2,5-10,12-15,18-23H2. The summed E-state index contributed by atoms with van der Waals surface area (Å²) in [6.45, 7) is 9.73. The smallest absolute Gasteiger partial charge is 0.0897 e. The largest absolute Gasteiger partial charge is 0.376 e. The Morgan fingerprint density at radius 1 is 0.966 bits per heavy atom. The van der Waals surface area contributed by atoms with Gasteiger partial charge in [0.1, 0.15) is 0 Å². The highest BCUT2D eigenvalue weighted by atomic mass is 17.5. The molecule has 0 bridgehead atoms. The topological polar surface area (TPSA) is 36.9 Å². The molecule has 0 saturated carbocycles. The highest BCUT2D eigenvalue weighted by Gasteiger charge is 2.01. The van der Waals surface area contributed by atoms with E-state index < -0.39 is 0 Å². The van der Waals surface area contributed by atoms with Crippen molar-refractivity contribution in [2.75, 3.05) is 26.4 Å². The monoisotopic (exact) mass is 404 g/mol. The fraction of sp³-hybridized carbons (Fsp3) is 0.640. The predicted octanol–water partition coefficient (Wildman–Crippen LogP) is 6.96. The third-order valence-electron chi connectivity index (χ3n) is 4.82. The van der Waals surface area contributed by atoms with Crippen molar-refractivity contribution in [3.05, 3.63) is 54.3 Å². The molecule has 164 valence electrons. The van der Waals surface area contributed by atoms with Gasteiger partial charge in [0.25, 0.3) is 0 Å². The highest BCUT2D eigenvalue weighted by Crippen LogP contribution is 2.15. The number of hydrogen-bond donors (Lipinski definition) is 0. The summed E-state index contributed by atoms with van der Waals surface area (Å²) in [7, 11) is 0. The van der Waals surface area contributed by atoms with Gasteiger partial charge in [-0.3, -0.25) is 0 Å². The first-order chi connectivity index (χ1) is 14.4. The summed E-state index contributed by atoms with van der Waals surface area (Å²) in [4.78, 5) is 10.1. The molecule has 0 aromatic rings. The van der Waals surface area contributed by atoms with Crippen LogP contribution in [0.1, 0.15) is 77.0 Å².